The van der Waals surface area contributed by atoms with Crippen LogP contribution < -0.4 is 10.6 Å². The van der Waals surface area contributed by atoms with Crippen molar-refractivity contribution in [2.75, 3.05) is 64.0 Å². The number of nitrogens with zero attached hydrogens (tertiary/aromatic N) is 7. The largest absolute Gasteiger partial charge is 0.395 e. The highest BCUT2D eigenvalue weighted by Crippen LogP contribution is 2.32. The third-order valence-electron chi connectivity index (χ3n) is 8.26. The van der Waals surface area contributed by atoms with E-state index in [0.29, 0.717) is 32.1 Å². The zero-order valence-corrected chi connectivity index (χ0v) is 23.1. The topological polar surface area (TPSA) is 142 Å². The van der Waals surface area contributed by atoms with E-state index in [4.69, 9.17) is 25.4 Å². The molecule has 1 amide bonds. The number of piperazine rings is 1. The first-order valence-electron chi connectivity index (χ1n) is 13.9. The lowest BCUT2D eigenvalue weighted by Gasteiger charge is -2.42. The molecule has 12 nitrogen and oxygen atoms in total. The molecule has 2 fully saturated rings. The van der Waals surface area contributed by atoms with E-state index in [1.54, 1.807) is 0 Å². The number of imidazole rings is 1. The number of aliphatic hydroxyl groups is 1. The van der Waals surface area contributed by atoms with E-state index in [0.717, 1.165) is 78.5 Å². The molecular weight excluding hydrogens is 510 g/mol. The maximum absolute atomic E-state index is 12.0. The summed E-state index contributed by atoms with van der Waals surface area (Å²) in [5.74, 6) is 1.95. The Bertz CT molecular complexity index is 1510. The van der Waals surface area contributed by atoms with Crippen molar-refractivity contribution in [3.05, 3.63) is 36.3 Å². The number of primary amides is 1. The fraction of sp³-hybridized carbons (Fsp3) is 0.500. The van der Waals surface area contributed by atoms with Crippen LogP contribution in [-0.4, -0.2) is 110 Å². The minimum atomic E-state index is -0.683. The summed E-state index contributed by atoms with van der Waals surface area (Å²) in [5, 5.41) is 11.1. The van der Waals surface area contributed by atoms with Gasteiger partial charge in [-0.05, 0) is 26.0 Å². The summed E-state index contributed by atoms with van der Waals surface area (Å²) in [5.41, 5.74) is 8.40. The summed E-state index contributed by atoms with van der Waals surface area (Å²) >= 11 is 0. The van der Waals surface area contributed by atoms with Gasteiger partial charge in [-0.3, -0.25) is 14.6 Å². The minimum absolute atomic E-state index is 0.0291. The van der Waals surface area contributed by atoms with Crippen molar-refractivity contribution in [2.24, 2.45) is 5.73 Å². The molecule has 12 heteroatoms. The molecule has 212 valence electrons. The molecular formula is C28H37N9O3. The predicted octanol–water partition coefficient (Wildman–Crippen LogP) is 1.19. The van der Waals surface area contributed by atoms with Gasteiger partial charge in [-0.2, -0.15) is 0 Å². The number of hydrogen-bond donors (Lipinski definition) is 3. The van der Waals surface area contributed by atoms with Crippen molar-refractivity contribution < 1.29 is 14.6 Å². The number of hydrogen-bond acceptors (Lipinski definition) is 9. The van der Waals surface area contributed by atoms with Gasteiger partial charge in [0.15, 0.2) is 22.8 Å². The van der Waals surface area contributed by atoms with Crippen LogP contribution in [0, 0.1) is 0 Å². The summed E-state index contributed by atoms with van der Waals surface area (Å²) in [6, 6.07) is 8.13. The molecule has 0 saturated carbocycles. The maximum Gasteiger partial charge on any atom is 0.237 e. The van der Waals surface area contributed by atoms with Gasteiger partial charge in [-0.25, -0.2) is 15.0 Å². The lowest BCUT2D eigenvalue weighted by atomic mass is 10.0. The first-order valence-corrected chi connectivity index (χ1v) is 13.9. The smallest absolute Gasteiger partial charge is 0.237 e. The molecule has 4 aromatic rings. The number of anilines is 1. The van der Waals surface area contributed by atoms with Gasteiger partial charge in [0.2, 0.25) is 5.91 Å². The molecule has 0 unspecified atom stereocenters. The monoisotopic (exact) mass is 547 g/mol. The van der Waals surface area contributed by atoms with Crippen LogP contribution in [-0.2, 0) is 22.6 Å². The number of nitrogens with two attached hydrogens (primary N) is 1. The molecule has 5 heterocycles. The van der Waals surface area contributed by atoms with Crippen LogP contribution in [0.5, 0.6) is 0 Å². The highest BCUT2D eigenvalue weighted by atomic mass is 16.5. The average Bonchev–Trinajstić information content (AvgIpc) is 3.58. The van der Waals surface area contributed by atoms with Crippen LogP contribution in [0.4, 0.5) is 5.82 Å². The Morgan fingerprint density at radius 2 is 1.85 bits per heavy atom. The van der Waals surface area contributed by atoms with E-state index in [1.165, 1.54) is 0 Å². The number of carbonyl (C=O) groups excluding carboxylic acids is 1. The summed E-state index contributed by atoms with van der Waals surface area (Å²) < 4.78 is 7.65. The number of benzene rings is 1. The van der Waals surface area contributed by atoms with Crippen molar-refractivity contribution in [3.8, 4) is 11.4 Å². The molecule has 2 aliphatic heterocycles. The number of amides is 1. The van der Waals surface area contributed by atoms with Crippen molar-refractivity contribution in [3.63, 3.8) is 0 Å². The molecule has 0 atom stereocenters. The highest BCUT2D eigenvalue weighted by Gasteiger charge is 2.35. The molecule has 4 N–H and O–H groups in total. The molecule has 0 bridgehead atoms. The first-order chi connectivity index (χ1) is 19.4. The van der Waals surface area contributed by atoms with Gasteiger partial charge < -0.3 is 30.0 Å². The lowest BCUT2D eigenvalue weighted by Crippen LogP contribution is -2.59. The molecule has 0 spiro atoms. The molecule has 40 heavy (non-hydrogen) atoms. The Morgan fingerprint density at radius 1 is 1.07 bits per heavy atom. The van der Waals surface area contributed by atoms with Gasteiger partial charge in [0.25, 0.3) is 0 Å². The van der Waals surface area contributed by atoms with E-state index in [-0.39, 0.29) is 12.5 Å². The molecule has 6 rings (SSSR count). The first kappa shape index (κ1) is 26.6. The molecule has 2 aliphatic rings. The minimum Gasteiger partial charge on any atom is -0.395 e. The number of nitrogens with one attached hydrogen (secondary N) is 1. The number of carbonyl (C=O) groups is 1. The summed E-state index contributed by atoms with van der Waals surface area (Å²) in [6.07, 6.45) is 1.92. The van der Waals surface area contributed by atoms with Gasteiger partial charge in [0.05, 0.1) is 31.9 Å². The molecule has 3 aromatic heterocycles. The Kier molecular flexibility index (Phi) is 7.17. The van der Waals surface area contributed by atoms with Gasteiger partial charge in [-0.15, -0.1) is 0 Å². The summed E-state index contributed by atoms with van der Waals surface area (Å²) in [4.78, 5) is 37.2. The number of rotatable bonds is 8. The molecule has 2 saturated heterocycles. The van der Waals surface area contributed by atoms with Crippen molar-refractivity contribution in [1.82, 2.24) is 34.3 Å². The summed E-state index contributed by atoms with van der Waals surface area (Å²) in [6.45, 7) is 10.4. The van der Waals surface area contributed by atoms with Crippen LogP contribution in [0.3, 0.4) is 0 Å². The van der Waals surface area contributed by atoms with Gasteiger partial charge >= 0.3 is 0 Å². The average molecular weight is 548 g/mol. The second-order valence-corrected chi connectivity index (χ2v) is 11.0. The number of aromatic nitrogens is 5. The predicted molar refractivity (Wildman–Crippen MR) is 153 cm³/mol. The zero-order valence-electron chi connectivity index (χ0n) is 23.1. The Balaban J connectivity index is 1.39. The van der Waals surface area contributed by atoms with Crippen LogP contribution in [0.1, 0.15) is 19.7 Å². The SMILES string of the molecule is CC(C)(C(N)=O)N1CCN(Cc2nc3c(N4CCOCC4)nc(-c4cccc5[nH]ccc45)nc3n2CCO)CC1. The number of H-pyrrole nitrogens is 1. The van der Waals surface area contributed by atoms with E-state index in [1.807, 2.05) is 48.9 Å². The second kappa shape index (κ2) is 10.8. The molecule has 0 aliphatic carbocycles. The standard InChI is InChI=1S/C28H37N9O3/c1-28(2,27(29)39)36-10-8-34(9-11-36)18-22-31-23-25(35-13-16-40-17-14-35)32-24(33-26(23)37(22)12-15-38)20-4-3-5-21-19(20)6-7-30-21/h3-7,30,38H,8-18H2,1-2H3,(H2,29,39). The van der Waals surface area contributed by atoms with Gasteiger partial charge in [0.1, 0.15) is 5.82 Å². The zero-order chi connectivity index (χ0) is 27.9. The fourth-order valence-electron chi connectivity index (χ4n) is 5.70. The third-order valence-corrected chi connectivity index (χ3v) is 8.26. The lowest BCUT2D eigenvalue weighted by molar-refractivity contribution is -0.129. The maximum atomic E-state index is 12.0. The highest BCUT2D eigenvalue weighted by molar-refractivity contribution is 5.95. The van der Waals surface area contributed by atoms with Crippen LogP contribution >= 0.6 is 0 Å². The van der Waals surface area contributed by atoms with Gasteiger partial charge in [-0.1, -0.05) is 12.1 Å². The number of ether oxygens (including phenoxy) is 1. The van der Waals surface area contributed by atoms with Crippen LogP contribution in [0.25, 0.3) is 33.5 Å². The van der Waals surface area contributed by atoms with Crippen molar-refractivity contribution in [2.45, 2.75) is 32.5 Å². The molecule has 1 aromatic carbocycles. The van der Waals surface area contributed by atoms with E-state index in [9.17, 15) is 9.90 Å². The normalized spacial score (nSPS) is 17.7. The number of morpholine rings is 1. The number of aliphatic hydroxyl groups excluding tert-OH is 1. The fourth-order valence-corrected chi connectivity index (χ4v) is 5.70. The van der Waals surface area contributed by atoms with Crippen LogP contribution in [0.2, 0.25) is 0 Å². The molecule has 0 radical (unpaired) electrons. The third kappa shape index (κ3) is 4.81. The van der Waals surface area contributed by atoms with Crippen molar-refractivity contribution in [1.29, 1.82) is 0 Å². The van der Waals surface area contributed by atoms with E-state index < -0.39 is 5.54 Å². The van der Waals surface area contributed by atoms with Gasteiger partial charge in [0, 0.05) is 68.5 Å². The Hall–Kier alpha value is -3.58. The quantitative estimate of drug-likeness (QED) is 0.296. The number of aromatic amines is 1. The van der Waals surface area contributed by atoms with E-state index >= 15 is 0 Å². The van der Waals surface area contributed by atoms with Crippen LogP contribution in [0.15, 0.2) is 30.5 Å². The second-order valence-electron chi connectivity index (χ2n) is 11.0. The Labute approximate surface area is 232 Å². The Morgan fingerprint density at radius 3 is 2.58 bits per heavy atom. The summed E-state index contributed by atoms with van der Waals surface area (Å²) in [7, 11) is 0. The van der Waals surface area contributed by atoms with E-state index in [2.05, 4.69) is 19.7 Å². The number of fused-ring (bicyclic) bond motifs is 2. The van der Waals surface area contributed by atoms with Crippen molar-refractivity contribution >= 4 is 33.8 Å².